The topological polar surface area (TPSA) is 52.5 Å². The van der Waals surface area contributed by atoms with Crippen LogP contribution in [0.25, 0.3) is 0 Å². The standard InChI is InChI=1S/C12H15F2NO2/c13-9-4-8(5-10(14)11(9)16)6-15-7-12(17)2-1-3-12/h4-5,15-17H,1-3,6-7H2. The zero-order valence-electron chi connectivity index (χ0n) is 9.34. The second-order valence-electron chi connectivity index (χ2n) is 4.59. The first-order valence-electron chi connectivity index (χ1n) is 5.60. The molecular weight excluding hydrogens is 228 g/mol. The quantitative estimate of drug-likeness (QED) is 0.754. The van der Waals surface area contributed by atoms with E-state index in [1.807, 2.05) is 0 Å². The van der Waals surface area contributed by atoms with Crippen molar-refractivity contribution in [2.45, 2.75) is 31.4 Å². The van der Waals surface area contributed by atoms with Gasteiger partial charge in [-0.1, -0.05) is 0 Å². The number of hydrogen-bond acceptors (Lipinski definition) is 3. The number of aromatic hydroxyl groups is 1. The van der Waals surface area contributed by atoms with Gasteiger partial charge in [-0.05, 0) is 37.0 Å². The number of halogens is 2. The van der Waals surface area contributed by atoms with E-state index >= 15 is 0 Å². The molecule has 0 aliphatic heterocycles. The molecule has 0 atom stereocenters. The number of benzene rings is 1. The lowest BCUT2D eigenvalue weighted by molar-refractivity contribution is -0.0314. The minimum Gasteiger partial charge on any atom is -0.503 e. The van der Waals surface area contributed by atoms with E-state index in [0.29, 0.717) is 12.1 Å². The van der Waals surface area contributed by atoms with Crippen molar-refractivity contribution >= 4 is 0 Å². The van der Waals surface area contributed by atoms with Crippen molar-refractivity contribution in [1.29, 1.82) is 0 Å². The fourth-order valence-electron chi connectivity index (χ4n) is 1.92. The van der Waals surface area contributed by atoms with Crippen molar-refractivity contribution in [1.82, 2.24) is 5.32 Å². The molecule has 17 heavy (non-hydrogen) atoms. The van der Waals surface area contributed by atoms with Crippen molar-refractivity contribution in [3.05, 3.63) is 29.3 Å². The van der Waals surface area contributed by atoms with Crippen LogP contribution in [0.15, 0.2) is 12.1 Å². The second kappa shape index (κ2) is 4.58. The maximum absolute atomic E-state index is 13.0. The van der Waals surface area contributed by atoms with Gasteiger partial charge in [0.2, 0.25) is 0 Å². The molecule has 1 saturated carbocycles. The summed E-state index contributed by atoms with van der Waals surface area (Å²) >= 11 is 0. The fraction of sp³-hybridized carbons (Fsp3) is 0.500. The third-order valence-corrected chi connectivity index (χ3v) is 3.14. The summed E-state index contributed by atoms with van der Waals surface area (Å²) in [6.07, 6.45) is 2.54. The van der Waals surface area contributed by atoms with Gasteiger partial charge in [0.1, 0.15) is 0 Å². The molecule has 1 aromatic carbocycles. The van der Waals surface area contributed by atoms with Gasteiger partial charge in [-0.2, -0.15) is 0 Å². The van der Waals surface area contributed by atoms with Crippen LogP contribution in [-0.2, 0) is 6.54 Å². The van der Waals surface area contributed by atoms with Crippen molar-refractivity contribution in [3.8, 4) is 5.75 Å². The van der Waals surface area contributed by atoms with Crippen LogP contribution in [0.2, 0.25) is 0 Å². The van der Waals surface area contributed by atoms with Gasteiger partial charge in [0.15, 0.2) is 17.4 Å². The number of rotatable bonds is 4. The van der Waals surface area contributed by atoms with Crippen molar-refractivity contribution in [2.24, 2.45) is 0 Å². The summed E-state index contributed by atoms with van der Waals surface area (Å²) in [5, 5.41) is 21.7. The molecule has 0 aromatic heterocycles. The lowest BCUT2D eigenvalue weighted by Gasteiger charge is -2.36. The molecule has 3 nitrogen and oxygen atoms in total. The van der Waals surface area contributed by atoms with Crippen LogP contribution in [0.4, 0.5) is 8.78 Å². The molecule has 1 aliphatic carbocycles. The van der Waals surface area contributed by atoms with Crippen LogP contribution in [0.5, 0.6) is 5.75 Å². The van der Waals surface area contributed by atoms with Gasteiger partial charge >= 0.3 is 0 Å². The van der Waals surface area contributed by atoms with Crippen molar-refractivity contribution in [2.75, 3.05) is 6.54 Å². The summed E-state index contributed by atoms with van der Waals surface area (Å²) in [6, 6.07) is 2.16. The molecule has 0 radical (unpaired) electrons. The lowest BCUT2D eigenvalue weighted by Crippen LogP contribution is -2.45. The molecule has 0 unspecified atom stereocenters. The second-order valence-corrected chi connectivity index (χ2v) is 4.59. The van der Waals surface area contributed by atoms with Crippen LogP contribution in [-0.4, -0.2) is 22.4 Å². The zero-order valence-corrected chi connectivity index (χ0v) is 9.34. The van der Waals surface area contributed by atoms with Gasteiger partial charge in [-0.3, -0.25) is 0 Å². The van der Waals surface area contributed by atoms with Gasteiger partial charge in [0.05, 0.1) is 5.60 Å². The molecule has 1 aromatic rings. The van der Waals surface area contributed by atoms with Gasteiger partial charge in [-0.15, -0.1) is 0 Å². The van der Waals surface area contributed by atoms with Crippen molar-refractivity contribution < 1.29 is 19.0 Å². The van der Waals surface area contributed by atoms with Crippen LogP contribution in [0, 0.1) is 11.6 Å². The number of aliphatic hydroxyl groups is 1. The monoisotopic (exact) mass is 243 g/mol. The Morgan fingerprint density at radius 3 is 2.29 bits per heavy atom. The normalized spacial score (nSPS) is 17.8. The average molecular weight is 243 g/mol. The summed E-state index contributed by atoms with van der Waals surface area (Å²) in [7, 11) is 0. The lowest BCUT2D eigenvalue weighted by atomic mass is 9.80. The van der Waals surface area contributed by atoms with Crippen LogP contribution in [0.3, 0.4) is 0 Å². The average Bonchev–Trinajstić information content (AvgIpc) is 2.23. The van der Waals surface area contributed by atoms with Crippen molar-refractivity contribution in [3.63, 3.8) is 0 Å². The SMILES string of the molecule is Oc1c(F)cc(CNCC2(O)CCC2)cc1F. The summed E-state index contributed by atoms with van der Waals surface area (Å²) in [5.74, 6) is -2.89. The smallest absolute Gasteiger partial charge is 0.187 e. The third kappa shape index (κ3) is 2.73. The van der Waals surface area contributed by atoms with Gasteiger partial charge < -0.3 is 15.5 Å². The Morgan fingerprint density at radius 2 is 1.82 bits per heavy atom. The molecule has 94 valence electrons. The Labute approximate surface area is 98.1 Å². The Bertz CT molecular complexity index is 396. The molecule has 0 amide bonds. The molecule has 2 rings (SSSR count). The Morgan fingerprint density at radius 1 is 1.24 bits per heavy atom. The van der Waals surface area contributed by atoms with E-state index in [-0.39, 0.29) is 6.54 Å². The van der Waals surface area contributed by atoms with E-state index in [1.54, 1.807) is 0 Å². The molecule has 0 heterocycles. The molecule has 5 heteroatoms. The predicted octanol–water partition coefficient (Wildman–Crippen LogP) is 1.68. The fourth-order valence-corrected chi connectivity index (χ4v) is 1.92. The van der Waals surface area contributed by atoms with E-state index in [2.05, 4.69) is 5.32 Å². The van der Waals surface area contributed by atoms with Crippen LogP contribution < -0.4 is 5.32 Å². The van der Waals surface area contributed by atoms with Gasteiger partial charge in [0.25, 0.3) is 0 Å². The number of hydrogen-bond donors (Lipinski definition) is 3. The maximum atomic E-state index is 13.0. The zero-order chi connectivity index (χ0) is 12.5. The highest BCUT2D eigenvalue weighted by Crippen LogP contribution is 2.30. The first-order valence-corrected chi connectivity index (χ1v) is 5.60. The molecule has 0 saturated heterocycles. The number of phenols is 1. The third-order valence-electron chi connectivity index (χ3n) is 3.14. The maximum Gasteiger partial charge on any atom is 0.187 e. The van der Waals surface area contributed by atoms with E-state index in [1.165, 1.54) is 0 Å². The molecule has 1 fully saturated rings. The highest BCUT2D eigenvalue weighted by Gasteiger charge is 2.33. The highest BCUT2D eigenvalue weighted by molar-refractivity contribution is 5.29. The molecule has 3 N–H and O–H groups in total. The van der Waals surface area contributed by atoms with E-state index in [4.69, 9.17) is 5.11 Å². The Hall–Kier alpha value is -1.20. The van der Waals surface area contributed by atoms with Gasteiger partial charge in [0, 0.05) is 13.1 Å². The molecule has 0 bridgehead atoms. The molecule has 1 aliphatic rings. The summed E-state index contributed by atoms with van der Waals surface area (Å²) < 4.78 is 26.0. The summed E-state index contributed by atoms with van der Waals surface area (Å²) in [6.45, 7) is 0.674. The van der Waals surface area contributed by atoms with Crippen LogP contribution in [0.1, 0.15) is 24.8 Å². The summed E-state index contributed by atoms with van der Waals surface area (Å²) in [5.41, 5.74) is -0.255. The Kier molecular flexibility index (Phi) is 3.31. The molecule has 0 spiro atoms. The first-order chi connectivity index (χ1) is 8.00. The summed E-state index contributed by atoms with van der Waals surface area (Å²) in [4.78, 5) is 0. The minimum absolute atomic E-state index is 0.260. The Balaban J connectivity index is 1.90. The highest BCUT2D eigenvalue weighted by atomic mass is 19.1. The predicted molar refractivity (Wildman–Crippen MR) is 58.5 cm³/mol. The number of nitrogens with one attached hydrogen (secondary N) is 1. The van der Waals surface area contributed by atoms with E-state index < -0.39 is 23.0 Å². The number of phenolic OH excluding ortho intramolecular Hbond substituents is 1. The first kappa shape index (κ1) is 12.3. The van der Waals surface area contributed by atoms with E-state index in [9.17, 15) is 13.9 Å². The minimum atomic E-state index is -0.968. The largest absolute Gasteiger partial charge is 0.503 e. The van der Waals surface area contributed by atoms with Crippen LogP contribution >= 0.6 is 0 Å². The molecular formula is C12H15F2NO2. The van der Waals surface area contributed by atoms with E-state index in [0.717, 1.165) is 31.4 Å². The van der Waals surface area contributed by atoms with Gasteiger partial charge in [-0.25, -0.2) is 8.78 Å².